The van der Waals surface area contributed by atoms with Crippen molar-refractivity contribution in [3.05, 3.63) is 69.7 Å². The third kappa shape index (κ3) is 11.1. The summed E-state index contributed by atoms with van der Waals surface area (Å²) in [6, 6.07) is 13.0. The van der Waals surface area contributed by atoms with E-state index in [1.54, 1.807) is 50.5 Å². The molecule has 6 N–H and O–H groups in total. The minimum Gasteiger partial charge on any atom is -0.480 e. The first-order valence-electron chi connectivity index (χ1n) is 9.81. The van der Waals surface area contributed by atoms with Crippen molar-refractivity contribution >= 4 is 35.1 Å². The summed E-state index contributed by atoms with van der Waals surface area (Å²) >= 11 is 11.5. The number of halogens is 2. The molecule has 0 radical (unpaired) electrons. The van der Waals surface area contributed by atoms with E-state index in [2.05, 4.69) is 16.0 Å². The lowest BCUT2D eigenvalue weighted by Crippen LogP contribution is -2.35. The molecule has 0 fully saturated rings. The topological polar surface area (TPSA) is 116 Å². The number of hydrogen-bond donors (Lipinski definition) is 5. The maximum Gasteiger partial charge on any atom is 0.325 e. The Kier molecular flexibility index (Phi) is 15.4. The van der Waals surface area contributed by atoms with Gasteiger partial charge in [-0.1, -0.05) is 54.4 Å². The summed E-state index contributed by atoms with van der Waals surface area (Å²) in [5, 5.41) is 18.5. The van der Waals surface area contributed by atoms with Crippen molar-refractivity contribution in [2.45, 2.75) is 25.9 Å². The molecule has 7 nitrogen and oxygen atoms in total. The predicted molar refractivity (Wildman–Crippen MR) is 128 cm³/mol. The third-order valence-electron chi connectivity index (χ3n) is 3.84. The standard InChI is InChI=1S/C11H15ClN2O.C9H10ClNO2.C2H7N/c1-3-14-11(15)10(13-2)8-4-6-9(12)7-5-8;1-11-8(9(12)13)6-2-4-7(10)5-3-6;1-2-3/h4-7,10,13H,3H2,1-2H3,(H,14,15);2-5,8,11H,1H3,(H,12,13);2-3H2,1H3. The van der Waals surface area contributed by atoms with E-state index < -0.39 is 12.0 Å². The van der Waals surface area contributed by atoms with Gasteiger partial charge in [-0.3, -0.25) is 9.59 Å². The van der Waals surface area contributed by atoms with Crippen molar-refractivity contribution in [2.24, 2.45) is 5.73 Å². The summed E-state index contributed by atoms with van der Waals surface area (Å²) in [5.74, 6) is -0.924. The van der Waals surface area contributed by atoms with E-state index in [0.29, 0.717) is 22.2 Å². The van der Waals surface area contributed by atoms with Crippen LogP contribution in [0.4, 0.5) is 0 Å². The van der Waals surface area contributed by atoms with Crippen molar-refractivity contribution in [1.29, 1.82) is 0 Å². The second-order valence-corrected chi connectivity index (χ2v) is 7.06. The van der Waals surface area contributed by atoms with Gasteiger partial charge in [0.05, 0.1) is 0 Å². The van der Waals surface area contributed by atoms with Crippen LogP contribution < -0.4 is 21.7 Å². The molecular formula is C22H32Cl2N4O3. The molecule has 0 aliphatic carbocycles. The molecule has 0 saturated heterocycles. The van der Waals surface area contributed by atoms with E-state index in [1.165, 1.54) is 0 Å². The van der Waals surface area contributed by atoms with Crippen molar-refractivity contribution in [1.82, 2.24) is 16.0 Å². The molecule has 31 heavy (non-hydrogen) atoms. The number of nitrogens with one attached hydrogen (secondary N) is 3. The highest BCUT2D eigenvalue weighted by Crippen LogP contribution is 2.17. The van der Waals surface area contributed by atoms with Gasteiger partial charge in [-0.15, -0.1) is 0 Å². The smallest absolute Gasteiger partial charge is 0.325 e. The molecule has 0 saturated carbocycles. The quantitative estimate of drug-likeness (QED) is 0.423. The summed E-state index contributed by atoms with van der Waals surface area (Å²) in [5.41, 5.74) is 6.45. The third-order valence-corrected chi connectivity index (χ3v) is 4.35. The SMILES string of the molecule is CCN.CCNC(=O)C(NC)c1ccc(Cl)cc1.CNC(C(=O)O)c1ccc(Cl)cc1. The Bertz CT molecular complexity index is 771. The first-order valence-corrected chi connectivity index (χ1v) is 10.6. The zero-order chi connectivity index (χ0) is 23.8. The zero-order valence-electron chi connectivity index (χ0n) is 18.3. The Morgan fingerprint density at radius 2 is 1.23 bits per heavy atom. The van der Waals surface area contributed by atoms with Crippen LogP contribution in [0.25, 0.3) is 0 Å². The fourth-order valence-electron chi connectivity index (χ4n) is 2.47. The van der Waals surface area contributed by atoms with E-state index in [9.17, 15) is 9.59 Å². The fraction of sp³-hybridized carbons (Fsp3) is 0.364. The van der Waals surface area contributed by atoms with Gasteiger partial charge in [-0.25, -0.2) is 0 Å². The van der Waals surface area contributed by atoms with Gasteiger partial charge >= 0.3 is 5.97 Å². The lowest BCUT2D eigenvalue weighted by molar-refractivity contribution is -0.139. The molecule has 0 bridgehead atoms. The van der Waals surface area contributed by atoms with Gasteiger partial charge in [0.15, 0.2) is 0 Å². The van der Waals surface area contributed by atoms with E-state index in [1.807, 2.05) is 26.0 Å². The Hall–Kier alpha value is -2.16. The Morgan fingerprint density at radius 1 is 0.871 bits per heavy atom. The summed E-state index contributed by atoms with van der Waals surface area (Å²) in [4.78, 5) is 22.4. The Morgan fingerprint density at radius 3 is 1.52 bits per heavy atom. The fourth-order valence-corrected chi connectivity index (χ4v) is 2.72. The molecule has 0 aliphatic rings. The largest absolute Gasteiger partial charge is 0.480 e. The number of carbonyl (C=O) groups is 2. The van der Waals surface area contributed by atoms with Gasteiger partial charge in [0.25, 0.3) is 0 Å². The van der Waals surface area contributed by atoms with Crippen LogP contribution in [0, 0.1) is 0 Å². The lowest BCUT2D eigenvalue weighted by Gasteiger charge is -2.15. The monoisotopic (exact) mass is 470 g/mol. The van der Waals surface area contributed by atoms with Gasteiger partial charge in [0.2, 0.25) is 5.91 Å². The van der Waals surface area contributed by atoms with Crippen LogP contribution in [-0.2, 0) is 9.59 Å². The number of carboxylic acids is 1. The normalized spacial score (nSPS) is 11.7. The second kappa shape index (κ2) is 16.5. The molecule has 0 aromatic heterocycles. The summed E-state index contributed by atoms with van der Waals surface area (Å²) in [6.45, 7) is 5.18. The molecule has 2 unspecified atom stereocenters. The number of likely N-dealkylation sites (N-methyl/N-ethyl adjacent to an activating group) is 3. The molecule has 2 rings (SSSR count). The number of carbonyl (C=O) groups excluding carboxylic acids is 1. The van der Waals surface area contributed by atoms with E-state index in [-0.39, 0.29) is 11.9 Å². The highest BCUT2D eigenvalue weighted by Gasteiger charge is 2.17. The van der Waals surface area contributed by atoms with Gasteiger partial charge in [-0.05, 0) is 63.0 Å². The number of benzene rings is 2. The number of hydrogen-bond acceptors (Lipinski definition) is 5. The number of aliphatic carboxylic acids is 1. The molecule has 2 atom stereocenters. The van der Waals surface area contributed by atoms with Crippen LogP contribution in [0.5, 0.6) is 0 Å². The summed E-state index contributed by atoms with van der Waals surface area (Å²) in [6.07, 6.45) is 0. The number of amides is 1. The second-order valence-electron chi connectivity index (χ2n) is 6.19. The zero-order valence-corrected chi connectivity index (χ0v) is 19.8. The molecule has 9 heteroatoms. The van der Waals surface area contributed by atoms with E-state index in [0.717, 1.165) is 12.1 Å². The molecule has 2 aromatic rings. The van der Waals surface area contributed by atoms with E-state index in [4.69, 9.17) is 34.0 Å². The van der Waals surface area contributed by atoms with Crippen molar-refractivity contribution in [3.8, 4) is 0 Å². The number of rotatable bonds is 7. The molecule has 0 heterocycles. The molecule has 2 aromatic carbocycles. The van der Waals surface area contributed by atoms with Crippen LogP contribution in [0.2, 0.25) is 10.0 Å². The Labute approximate surface area is 194 Å². The van der Waals surface area contributed by atoms with Gasteiger partial charge in [0, 0.05) is 16.6 Å². The average Bonchev–Trinajstić information content (AvgIpc) is 2.73. The van der Waals surface area contributed by atoms with Crippen LogP contribution in [0.1, 0.15) is 37.1 Å². The van der Waals surface area contributed by atoms with Gasteiger partial charge in [-0.2, -0.15) is 0 Å². The minimum atomic E-state index is -0.898. The molecule has 0 aliphatic heterocycles. The number of carboxylic acid groups (broad SMARTS) is 1. The first-order chi connectivity index (χ1) is 14.7. The molecule has 1 amide bonds. The van der Waals surface area contributed by atoms with Crippen molar-refractivity contribution in [2.75, 3.05) is 27.2 Å². The Balaban J connectivity index is 0.000000519. The van der Waals surface area contributed by atoms with Crippen molar-refractivity contribution in [3.63, 3.8) is 0 Å². The molecule has 172 valence electrons. The van der Waals surface area contributed by atoms with Gasteiger partial charge in [0.1, 0.15) is 12.1 Å². The maximum absolute atomic E-state index is 11.7. The lowest BCUT2D eigenvalue weighted by atomic mass is 10.1. The minimum absolute atomic E-state index is 0.0256. The number of nitrogens with two attached hydrogens (primary N) is 1. The first kappa shape index (κ1) is 28.8. The van der Waals surface area contributed by atoms with Gasteiger partial charge < -0.3 is 26.8 Å². The summed E-state index contributed by atoms with van der Waals surface area (Å²) in [7, 11) is 3.36. The highest BCUT2D eigenvalue weighted by molar-refractivity contribution is 6.30. The van der Waals surface area contributed by atoms with Crippen LogP contribution >= 0.6 is 23.2 Å². The summed E-state index contributed by atoms with van der Waals surface area (Å²) < 4.78 is 0. The average molecular weight is 471 g/mol. The highest BCUT2D eigenvalue weighted by atomic mass is 35.5. The van der Waals surface area contributed by atoms with E-state index >= 15 is 0 Å². The van der Waals surface area contributed by atoms with Crippen LogP contribution in [-0.4, -0.2) is 44.2 Å². The van der Waals surface area contributed by atoms with Crippen LogP contribution in [0.15, 0.2) is 48.5 Å². The molecule has 0 spiro atoms. The van der Waals surface area contributed by atoms with Crippen molar-refractivity contribution < 1.29 is 14.7 Å². The maximum atomic E-state index is 11.7. The van der Waals surface area contributed by atoms with Crippen LogP contribution in [0.3, 0.4) is 0 Å². The predicted octanol–water partition coefficient (Wildman–Crippen LogP) is 3.39. The molecular weight excluding hydrogens is 439 g/mol.